The Morgan fingerprint density at radius 1 is 1.19 bits per heavy atom. The lowest BCUT2D eigenvalue weighted by molar-refractivity contribution is 0.102. The number of aryl methyl sites for hydroxylation is 1. The van der Waals surface area contributed by atoms with E-state index in [2.05, 4.69) is 20.5 Å². The van der Waals surface area contributed by atoms with Gasteiger partial charge in [0.15, 0.2) is 5.01 Å². The number of imidazole rings is 1. The van der Waals surface area contributed by atoms with Gasteiger partial charge in [-0.15, -0.1) is 10.2 Å². The Balaban J connectivity index is 1.45. The number of benzene rings is 2. The highest BCUT2D eigenvalue weighted by molar-refractivity contribution is 7.15. The number of nitrogens with zero attached hydrogens (tertiary/aromatic N) is 4. The van der Waals surface area contributed by atoms with E-state index in [-0.39, 0.29) is 12.0 Å². The summed E-state index contributed by atoms with van der Waals surface area (Å²) in [6.07, 6.45) is 1.46. The Morgan fingerprint density at radius 2 is 2.00 bits per heavy atom. The summed E-state index contributed by atoms with van der Waals surface area (Å²) in [5.41, 5.74) is 2.26. The second kappa shape index (κ2) is 7.16. The van der Waals surface area contributed by atoms with E-state index in [1.165, 1.54) is 11.3 Å². The molecule has 136 valence electrons. The second-order valence-corrected chi connectivity index (χ2v) is 7.04. The van der Waals surface area contributed by atoms with Crippen molar-refractivity contribution in [3.05, 3.63) is 65.4 Å². The first-order valence-corrected chi connectivity index (χ1v) is 9.19. The lowest BCUT2D eigenvalue weighted by Gasteiger charge is -2.10. The number of fused-ring (bicyclic) bond motifs is 1. The molecule has 7 nitrogen and oxygen atoms in total. The van der Waals surface area contributed by atoms with Crippen molar-refractivity contribution < 1.29 is 9.53 Å². The topological polar surface area (TPSA) is 81.9 Å². The van der Waals surface area contributed by atoms with E-state index in [9.17, 15) is 4.79 Å². The van der Waals surface area contributed by atoms with Crippen molar-refractivity contribution in [1.29, 1.82) is 0 Å². The molecular formula is C19H17N5O2S. The summed E-state index contributed by atoms with van der Waals surface area (Å²) in [6.45, 7) is 1.90. The van der Waals surface area contributed by atoms with Crippen molar-refractivity contribution in [3.8, 4) is 5.75 Å². The van der Waals surface area contributed by atoms with Crippen LogP contribution in [0.4, 0.5) is 5.13 Å². The van der Waals surface area contributed by atoms with E-state index in [0.29, 0.717) is 15.7 Å². The summed E-state index contributed by atoms with van der Waals surface area (Å²) >= 11 is 1.29. The maximum Gasteiger partial charge on any atom is 0.257 e. The van der Waals surface area contributed by atoms with Gasteiger partial charge in [-0.1, -0.05) is 29.5 Å². The first-order chi connectivity index (χ1) is 13.1. The Kier molecular flexibility index (Phi) is 4.55. The van der Waals surface area contributed by atoms with Gasteiger partial charge in [0.2, 0.25) is 5.13 Å². The fourth-order valence-electron chi connectivity index (χ4n) is 2.65. The van der Waals surface area contributed by atoms with Crippen molar-refractivity contribution in [2.45, 2.75) is 13.0 Å². The van der Waals surface area contributed by atoms with Crippen LogP contribution in [0.3, 0.4) is 0 Å². The molecule has 4 rings (SSSR count). The average Bonchev–Trinajstić information content (AvgIpc) is 3.29. The first-order valence-electron chi connectivity index (χ1n) is 8.37. The molecule has 8 heteroatoms. The fraction of sp³-hybridized carbons (Fsp3) is 0.158. The number of amides is 1. The molecule has 0 spiro atoms. The molecule has 0 aliphatic carbocycles. The zero-order chi connectivity index (χ0) is 18.8. The van der Waals surface area contributed by atoms with Crippen LogP contribution in [0.15, 0.2) is 54.9 Å². The SMILES string of the molecule is CC(Oc1ccccc1)c1nnc(NC(=O)c2ccc3c(c2)ncn3C)s1. The summed E-state index contributed by atoms with van der Waals surface area (Å²) in [7, 11) is 1.91. The average molecular weight is 379 g/mol. The number of nitrogens with one attached hydrogen (secondary N) is 1. The molecule has 1 N–H and O–H groups in total. The van der Waals surface area contributed by atoms with Crippen LogP contribution in [0.2, 0.25) is 0 Å². The van der Waals surface area contributed by atoms with E-state index in [4.69, 9.17) is 4.74 Å². The van der Waals surface area contributed by atoms with Crippen LogP contribution in [0.25, 0.3) is 11.0 Å². The van der Waals surface area contributed by atoms with Crippen LogP contribution in [0, 0.1) is 0 Å². The third-order valence-corrected chi connectivity index (χ3v) is 5.05. The smallest absolute Gasteiger partial charge is 0.257 e. The van der Waals surface area contributed by atoms with Gasteiger partial charge in [0.25, 0.3) is 5.91 Å². The van der Waals surface area contributed by atoms with Crippen LogP contribution < -0.4 is 10.1 Å². The standard InChI is InChI=1S/C19H17N5O2S/c1-12(26-14-6-4-3-5-7-14)18-22-23-19(27-18)21-17(25)13-8-9-16-15(10-13)20-11-24(16)2/h3-12H,1-2H3,(H,21,23,25). The van der Waals surface area contributed by atoms with Gasteiger partial charge < -0.3 is 9.30 Å². The zero-order valence-electron chi connectivity index (χ0n) is 14.8. The van der Waals surface area contributed by atoms with E-state index in [0.717, 1.165) is 16.8 Å². The predicted molar refractivity (Wildman–Crippen MR) is 104 cm³/mol. The molecule has 1 unspecified atom stereocenters. The van der Waals surface area contributed by atoms with Crippen LogP contribution >= 0.6 is 11.3 Å². The minimum absolute atomic E-state index is 0.248. The Morgan fingerprint density at radius 3 is 2.81 bits per heavy atom. The summed E-state index contributed by atoms with van der Waals surface area (Å²) in [5, 5.41) is 12.1. The molecule has 2 aromatic heterocycles. The van der Waals surface area contributed by atoms with Gasteiger partial charge in [0.1, 0.15) is 11.9 Å². The van der Waals surface area contributed by atoms with Crippen molar-refractivity contribution in [2.75, 3.05) is 5.32 Å². The van der Waals surface area contributed by atoms with Gasteiger partial charge >= 0.3 is 0 Å². The fourth-order valence-corrected chi connectivity index (χ4v) is 3.37. The molecule has 2 aromatic carbocycles. The minimum Gasteiger partial charge on any atom is -0.483 e. The number of aromatic nitrogens is 4. The number of para-hydroxylation sites is 1. The quantitative estimate of drug-likeness (QED) is 0.570. The van der Waals surface area contributed by atoms with Crippen LogP contribution in [-0.2, 0) is 7.05 Å². The zero-order valence-corrected chi connectivity index (χ0v) is 15.6. The Hall–Kier alpha value is -3.26. The highest BCUT2D eigenvalue weighted by atomic mass is 32.1. The van der Waals surface area contributed by atoms with E-state index < -0.39 is 0 Å². The predicted octanol–water partition coefficient (Wildman–Crippen LogP) is 3.82. The largest absolute Gasteiger partial charge is 0.483 e. The van der Waals surface area contributed by atoms with Gasteiger partial charge in [-0.2, -0.15) is 0 Å². The molecule has 0 aliphatic heterocycles. The molecule has 0 bridgehead atoms. The highest BCUT2D eigenvalue weighted by Gasteiger charge is 2.16. The molecule has 1 atom stereocenters. The third-order valence-electron chi connectivity index (χ3n) is 4.05. The van der Waals surface area contributed by atoms with Gasteiger partial charge in [0, 0.05) is 12.6 Å². The Bertz CT molecular complexity index is 1090. The first kappa shape index (κ1) is 17.2. The molecule has 0 fully saturated rings. The van der Waals surface area contributed by atoms with Crippen molar-refractivity contribution >= 4 is 33.4 Å². The maximum atomic E-state index is 12.5. The molecular weight excluding hydrogens is 362 g/mol. The van der Waals surface area contributed by atoms with Gasteiger partial charge in [-0.3, -0.25) is 10.1 Å². The maximum absolute atomic E-state index is 12.5. The van der Waals surface area contributed by atoms with E-state index >= 15 is 0 Å². The van der Waals surface area contributed by atoms with E-state index in [1.807, 2.05) is 54.9 Å². The van der Waals surface area contributed by atoms with Gasteiger partial charge in [-0.05, 0) is 37.3 Å². The molecule has 0 saturated heterocycles. The third kappa shape index (κ3) is 3.65. The van der Waals surface area contributed by atoms with Crippen LogP contribution in [0.5, 0.6) is 5.75 Å². The van der Waals surface area contributed by atoms with Gasteiger partial charge in [-0.25, -0.2) is 4.98 Å². The van der Waals surface area contributed by atoms with Crippen molar-refractivity contribution in [2.24, 2.45) is 7.05 Å². The van der Waals surface area contributed by atoms with Crippen molar-refractivity contribution in [3.63, 3.8) is 0 Å². The number of carbonyl (C=O) groups excluding carboxylic acids is 1. The summed E-state index contributed by atoms with van der Waals surface area (Å²) in [6, 6.07) is 14.9. The summed E-state index contributed by atoms with van der Waals surface area (Å²) < 4.78 is 7.74. The van der Waals surface area contributed by atoms with Gasteiger partial charge in [0.05, 0.1) is 17.4 Å². The minimum atomic E-state index is -0.263. The normalized spacial score (nSPS) is 12.1. The second-order valence-electron chi connectivity index (χ2n) is 6.03. The molecule has 0 aliphatic rings. The van der Waals surface area contributed by atoms with Crippen LogP contribution in [-0.4, -0.2) is 25.7 Å². The highest BCUT2D eigenvalue weighted by Crippen LogP contribution is 2.26. The molecule has 2 heterocycles. The number of hydrogen-bond acceptors (Lipinski definition) is 6. The molecule has 0 saturated carbocycles. The molecule has 0 radical (unpaired) electrons. The number of ether oxygens (including phenoxy) is 1. The Labute approximate surface area is 159 Å². The number of anilines is 1. The molecule has 27 heavy (non-hydrogen) atoms. The van der Waals surface area contributed by atoms with E-state index in [1.54, 1.807) is 18.5 Å². The van der Waals surface area contributed by atoms with Crippen LogP contribution in [0.1, 0.15) is 28.4 Å². The van der Waals surface area contributed by atoms with Crippen molar-refractivity contribution in [1.82, 2.24) is 19.7 Å². The lowest BCUT2D eigenvalue weighted by atomic mass is 10.2. The number of rotatable bonds is 5. The molecule has 4 aromatic rings. The summed E-state index contributed by atoms with van der Waals surface area (Å²) in [5.74, 6) is 0.510. The molecule has 1 amide bonds. The summed E-state index contributed by atoms with van der Waals surface area (Å²) in [4.78, 5) is 16.8. The monoisotopic (exact) mass is 379 g/mol. The number of hydrogen-bond donors (Lipinski definition) is 1. The number of carbonyl (C=O) groups is 1. The lowest BCUT2D eigenvalue weighted by Crippen LogP contribution is -2.11.